The predicted octanol–water partition coefficient (Wildman–Crippen LogP) is 6.23. The quantitative estimate of drug-likeness (QED) is 0.561. The van der Waals surface area contributed by atoms with E-state index < -0.39 is 0 Å². The van der Waals surface area contributed by atoms with Gasteiger partial charge in [-0.15, -0.1) is 0 Å². The van der Waals surface area contributed by atoms with Gasteiger partial charge in [0.1, 0.15) is 28.9 Å². The van der Waals surface area contributed by atoms with E-state index in [1.807, 2.05) is 36.4 Å². The van der Waals surface area contributed by atoms with Crippen LogP contribution in [0, 0.1) is 28.6 Å². The molecule has 1 saturated carbocycles. The summed E-state index contributed by atoms with van der Waals surface area (Å²) in [4.78, 5) is 0. The molecular weight excluding hydrogens is 426 g/mol. The first-order valence-electron chi connectivity index (χ1n) is 12.1. The summed E-state index contributed by atoms with van der Waals surface area (Å²) in [6.45, 7) is 2.29. The lowest BCUT2D eigenvalue weighted by Crippen LogP contribution is -2.41. The molecule has 2 aromatic carbocycles. The van der Waals surface area contributed by atoms with Gasteiger partial charge in [-0.2, -0.15) is 5.26 Å². The molecule has 1 fully saturated rings. The van der Waals surface area contributed by atoms with Crippen LogP contribution in [-0.4, -0.2) is 17.3 Å². The van der Waals surface area contributed by atoms with Crippen LogP contribution in [0.3, 0.4) is 0 Å². The molecule has 0 spiro atoms. The van der Waals surface area contributed by atoms with E-state index >= 15 is 0 Å². The van der Waals surface area contributed by atoms with Crippen molar-refractivity contribution in [3.63, 3.8) is 0 Å². The molecular formula is C29H29NO4. The number of rotatable bonds is 2. The van der Waals surface area contributed by atoms with Crippen molar-refractivity contribution in [3.8, 4) is 17.6 Å². The summed E-state index contributed by atoms with van der Waals surface area (Å²) in [5.74, 6) is 2.81. The molecule has 0 amide bonds. The highest BCUT2D eigenvalue weighted by atomic mass is 16.6. The van der Waals surface area contributed by atoms with Crippen LogP contribution < -0.4 is 4.74 Å². The second-order valence-electron chi connectivity index (χ2n) is 10.5. The van der Waals surface area contributed by atoms with E-state index in [1.165, 1.54) is 11.1 Å². The van der Waals surface area contributed by atoms with Crippen molar-refractivity contribution in [3.05, 3.63) is 82.0 Å². The second-order valence-corrected chi connectivity index (χ2v) is 10.5. The van der Waals surface area contributed by atoms with Crippen LogP contribution in [0.5, 0.6) is 11.5 Å². The standard InChI is InChI=1S/C29H29NO4/c1-29-12-11-21-20-10-6-18(31)13-17(20)5-9-22(21)25(29)14-23-26(16-3-7-19(33-2)8-4-16)24(15-30)28(32)34-27(23)29/h3-4,6-8,10,13,21-22,25-26,31-32H,5,9,11-12,14H2,1-2H3/t21-,22-,25+,26?,29+/m1/s1. The van der Waals surface area contributed by atoms with E-state index in [1.54, 1.807) is 7.11 Å². The Balaban J connectivity index is 1.40. The molecule has 0 bridgehead atoms. The van der Waals surface area contributed by atoms with Gasteiger partial charge in [0.25, 0.3) is 5.95 Å². The minimum Gasteiger partial charge on any atom is -0.508 e. The lowest BCUT2D eigenvalue weighted by Gasteiger charge is -2.49. The van der Waals surface area contributed by atoms with E-state index in [2.05, 4.69) is 19.1 Å². The molecule has 0 radical (unpaired) electrons. The van der Waals surface area contributed by atoms with Gasteiger partial charge in [-0.05, 0) is 96.4 Å². The molecule has 2 aromatic rings. The number of fused-ring (bicyclic) bond motifs is 6. The van der Waals surface area contributed by atoms with Gasteiger partial charge in [0.05, 0.1) is 13.0 Å². The summed E-state index contributed by atoms with van der Waals surface area (Å²) in [7, 11) is 1.64. The third kappa shape index (κ3) is 2.91. The molecule has 1 unspecified atom stereocenters. The molecule has 34 heavy (non-hydrogen) atoms. The van der Waals surface area contributed by atoms with Crippen LogP contribution in [0.15, 0.2) is 65.3 Å². The lowest BCUT2D eigenvalue weighted by molar-refractivity contribution is 0.0198. The Labute approximate surface area is 199 Å². The monoisotopic (exact) mass is 455 g/mol. The third-order valence-electron chi connectivity index (χ3n) is 8.99. The molecule has 0 saturated heterocycles. The molecule has 174 valence electrons. The average molecular weight is 456 g/mol. The number of hydrogen-bond donors (Lipinski definition) is 2. The SMILES string of the molecule is COc1ccc(C2C(C#N)=C(O)OC3=C2C[C@H]2[C@@H]4CCc5cc(O)ccc5[C@H]4CC[C@]32C)cc1. The first-order valence-corrected chi connectivity index (χ1v) is 12.1. The Kier molecular flexibility index (Phi) is 4.71. The fraction of sp³-hybridized carbons (Fsp3) is 0.414. The zero-order chi connectivity index (χ0) is 23.6. The van der Waals surface area contributed by atoms with Gasteiger partial charge in [0, 0.05) is 5.41 Å². The normalized spacial score (nSPS) is 31.6. The van der Waals surface area contributed by atoms with E-state index in [4.69, 9.17) is 9.47 Å². The highest BCUT2D eigenvalue weighted by Crippen LogP contribution is 2.66. The largest absolute Gasteiger partial charge is 0.508 e. The lowest BCUT2D eigenvalue weighted by atomic mass is 9.55. The van der Waals surface area contributed by atoms with Crippen molar-refractivity contribution in [2.24, 2.45) is 17.3 Å². The zero-order valence-electron chi connectivity index (χ0n) is 19.5. The summed E-state index contributed by atoms with van der Waals surface area (Å²) >= 11 is 0. The number of phenolic OH excluding ortho intramolecular Hbond substituents is 1. The number of hydrogen-bond acceptors (Lipinski definition) is 5. The number of aryl methyl sites for hydroxylation is 1. The summed E-state index contributed by atoms with van der Waals surface area (Å²) in [6, 6.07) is 15.9. The summed E-state index contributed by atoms with van der Waals surface area (Å²) in [5.41, 5.74) is 4.90. The number of nitriles is 1. The highest BCUT2D eigenvalue weighted by molar-refractivity contribution is 5.52. The fourth-order valence-electron chi connectivity index (χ4n) is 7.40. The number of phenols is 1. The van der Waals surface area contributed by atoms with Crippen LogP contribution >= 0.6 is 0 Å². The van der Waals surface area contributed by atoms with Crippen molar-refractivity contribution >= 4 is 0 Å². The number of benzene rings is 2. The van der Waals surface area contributed by atoms with E-state index in [0.29, 0.717) is 23.5 Å². The molecule has 5 heteroatoms. The Morgan fingerprint density at radius 3 is 2.65 bits per heavy atom. The summed E-state index contributed by atoms with van der Waals surface area (Å²) < 4.78 is 11.4. The number of aliphatic hydroxyl groups is 1. The van der Waals surface area contributed by atoms with Gasteiger partial charge >= 0.3 is 0 Å². The van der Waals surface area contributed by atoms with E-state index in [0.717, 1.165) is 54.7 Å². The molecule has 6 rings (SSSR count). The van der Waals surface area contributed by atoms with Gasteiger partial charge in [-0.1, -0.05) is 25.1 Å². The van der Waals surface area contributed by atoms with E-state index in [-0.39, 0.29) is 22.9 Å². The van der Waals surface area contributed by atoms with Gasteiger partial charge < -0.3 is 19.7 Å². The Morgan fingerprint density at radius 2 is 1.91 bits per heavy atom. The van der Waals surface area contributed by atoms with E-state index in [9.17, 15) is 15.5 Å². The predicted molar refractivity (Wildman–Crippen MR) is 127 cm³/mol. The first kappa shape index (κ1) is 21.2. The van der Waals surface area contributed by atoms with Crippen LogP contribution in [0.4, 0.5) is 0 Å². The van der Waals surface area contributed by atoms with Crippen molar-refractivity contribution in [1.82, 2.24) is 0 Å². The van der Waals surface area contributed by atoms with Gasteiger partial charge in [-0.25, -0.2) is 0 Å². The molecule has 0 aromatic heterocycles. The first-order chi connectivity index (χ1) is 16.4. The molecule has 5 atom stereocenters. The average Bonchev–Trinajstić information content (AvgIpc) is 3.15. The number of aliphatic hydroxyl groups excluding tert-OH is 1. The van der Waals surface area contributed by atoms with Crippen molar-refractivity contribution in [2.45, 2.75) is 50.9 Å². The maximum atomic E-state index is 10.8. The minimum atomic E-state index is -0.298. The highest BCUT2D eigenvalue weighted by Gasteiger charge is 2.57. The van der Waals surface area contributed by atoms with Crippen molar-refractivity contribution in [1.29, 1.82) is 5.26 Å². The molecule has 5 nitrogen and oxygen atoms in total. The number of aromatic hydroxyl groups is 1. The Bertz CT molecular complexity index is 1270. The fourth-order valence-corrected chi connectivity index (χ4v) is 7.40. The topological polar surface area (TPSA) is 82.7 Å². The second kappa shape index (κ2) is 7.56. The van der Waals surface area contributed by atoms with Crippen molar-refractivity contribution in [2.75, 3.05) is 7.11 Å². The molecule has 2 N–H and O–H groups in total. The maximum absolute atomic E-state index is 10.8. The van der Waals surface area contributed by atoms with Gasteiger partial charge in [0.15, 0.2) is 0 Å². The number of ether oxygens (including phenoxy) is 2. The number of nitrogens with zero attached hydrogens (tertiary/aromatic N) is 1. The smallest absolute Gasteiger partial charge is 0.297 e. The Morgan fingerprint density at radius 1 is 1.12 bits per heavy atom. The zero-order valence-corrected chi connectivity index (χ0v) is 19.5. The maximum Gasteiger partial charge on any atom is 0.297 e. The molecule has 3 aliphatic carbocycles. The van der Waals surface area contributed by atoms with Crippen molar-refractivity contribution < 1.29 is 19.7 Å². The molecule has 4 aliphatic rings. The van der Waals surface area contributed by atoms with Gasteiger partial charge in [0.2, 0.25) is 0 Å². The number of methoxy groups -OCH3 is 1. The van der Waals surface area contributed by atoms with Crippen LogP contribution in [-0.2, 0) is 11.2 Å². The van der Waals surface area contributed by atoms with Crippen LogP contribution in [0.2, 0.25) is 0 Å². The van der Waals surface area contributed by atoms with Crippen LogP contribution in [0.25, 0.3) is 0 Å². The summed E-state index contributed by atoms with van der Waals surface area (Å²) in [6.07, 6.45) is 4.95. The Hall–Kier alpha value is -3.39. The molecule has 1 heterocycles. The minimum absolute atomic E-state index is 0.162. The number of allylic oxidation sites excluding steroid dienone is 3. The van der Waals surface area contributed by atoms with Crippen LogP contribution in [0.1, 0.15) is 61.1 Å². The molecule has 1 aliphatic heterocycles. The third-order valence-corrected chi connectivity index (χ3v) is 8.99. The summed E-state index contributed by atoms with van der Waals surface area (Å²) in [5, 5.41) is 30.7. The van der Waals surface area contributed by atoms with Gasteiger partial charge in [-0.3, -0.25) is 0 Å².